The van der Waals surface area contributed by atoms with E-state index in [-0.39, 0.29) is 0 Å². The minimum atomic E-state index is -2.81. The van der Waals surface area contributed by atoms with Crippen molar-refractivity contribution in [3.8, 4) is 0 Å². The zero-order chi connectivity index (χ0) is 12.8. The minimum Gasteiger partial charge on any atom is -0.406 e. The molecule has 0 spiro atoms. The van der Waals surface area contributed by atoms with Crippen LogP contribution in [0.15, 0.2) is 0 Å². The van der Waals surface area contributed by atoms with E-state index in [0.717, 1.165) is 13.3 Å². The lowest BCUT2D eigenvalue weighted by Gasteiger charge is -2.52. The Balaban J connectivity index is 3.07. The van der Waals surface area contributed by atoms with Gasteiger partial charge >= 0.3 is 0 Å². The molecule has 1 nitrogen and oxygen atoms in total. The van der Waals surface area contributed by atoms with E-state index in [0.29, 0.717) is 6.04 Å². The summed E-state index contributed by atoms with van der Waals surface area (Å²) in [6.07, 6.45) is -1.35. The van der Waals surface area contributed by atoms with Gasteiger partial charge in [0.05, 0.1) is 5.60 Å². The highest BCUT2D eigenvalue weighted by molar-refractivity contribution is 6.74. The van der Waals surface area contributed by atoms with E-state index in [2.05, 4.69) is 0 Å². The molecule has 0 bridgehead atoms. The molecular formula is C11H21F3OSi. The summed E-state index contributed by atoms with van der Waals surface area (Å²) in [5.74, 6) is -1.78. The Bertz CT molecular complexity index is 270. The molecule has 1 fully saturated rings. The number of alkyl halides is 3. The third-order valence-electron chi connectivity index (χ3n) is 3.77. The highest BCUT2D eigenvalue weighted by Crippen LogP contribution is 2.46. The predicted molar refractivity (Wildman–Crippen MR) is 61.2 cm³/mol. The molecule has 96 valence electrons. The Kier molecular flexibility index (Phi) is 3.52. The van der Waals surface area contributed by atoms with Crippen LogP contribution in [-0.2, 0) is 4.43 Å². The summed E-state index contributed by atoms with van der Waals surface area (Å²) in [7, 11) is -2.81. The molecule has 16 heavy (non-hydrogen) atoms. The van der Waals surface area contributed by atoms with Gasteiger partial charge in [-0.2, -0.15) is 0 Å². The van der Waals surface area contributed by atoms with E-state index in [1.165, 1.54) is 13.8 Å². The van der Waals surface area contributed by atoms with Crippen molar-refractivity contribution < 1.29 is 17.6 Å². The van der Waals surface area contributed by atoms with Crippen molar-refractivity contribution in [1.82, 2.24) is 0 Å². The summed E-state index contributed by atoms with van der Waals surface area (Å²) < 4.78 is 47.7. The number of hydrogen-bond acceptors (Lipinski definition) is 1. The van der Waals surface area contributed by atoms with Crippen LogP contribution in [0.4, 0.5) is 13.2 Å². The second-order valence-electron chi connectivity index (χ2n) is 5.55. The van der Waals surface area contributed by atoms with Crippen LogP contribution in [0.1, 0.15) is 34.1 Å². The summed E-state index contributed by atoms with van der Waals surface area (Å²) in [6.45, 7) is 7.66. The van der Waals surface area contributed by atoms with Gasteiger partial charge in [-0.15, -0.1) is 0 Å². The van der Waals surface area contributed by atoms with E-state index in [1.807, 2.05) is 6.92 Å². The van der Waals surface area contributed by atoms with Crippen LogP contribution in [-0.4, -0.2) is 31.6 Å². The smallest absolute Gasteiger partial charge is 0.229 e. The van der Waals surface area contributed by atoms with Crippen LogP contribution >= 0.6 is 0 Å². The molecule has 4 unspecified atom stereocenters. The van der Waals surface area contributed by atoms with Crippen molar-refractivity contribution in [3.05, 3.63) is 0 Å². The molecule has 0 aromatic heterocycles. The quantitative estimate of drug-likeness (QED) is 0.682. The van der Waals surface area contributed by atoms with Crippen molar-refractivity contribution in [2.75, 3.05) is 0 Å². The largest absolute Gasteiger partial charge is 0.406 e. The highest BCUT2D eigenvalue weighted by atomic mass is 28.4. The van der Waals surface area contributed by atoms with Gasteiger partial charge < -0.3 is 4.43 Å². The van der Waals surface area contributed by atoms with Crippen molar-refractivity contribution >= 4 is 8.32 Å². The second-order valence-corrected chi connectivity index (χ2v) is 9.44. The lowest BCUT2D eigenvalue weighted by Crippen LogP contribution is -2.70. The zero-order valence-corrected chi connectivity index (χ0v) is 11.6. The Morgan fingerprint density at radius 3 is 2.19 bits per heavy atom. The van der Waals surface area contributed by atoms with Gasteiger partial charge in [0.1, 0.15) is 0 Å². The molecule has 5 heteroatoms. The average Bonchev–Trinajstić information content (AvgIpc) is 2.13. The molecular weight excluding hydrogens is 233 g/mol. The first kappa shape index (κ1) is 14.0. The summed E-state index contributed by atoms with van der Waals surface area (Å²) in [6, 6.07) is 0.522. The van der Waals surface area contributed by atoms with Gasteiger partial charge in [-0.05, 0) is 33.4 Å². The van der Waals surface area contributed by atoms with Crippen LogP contribution in [0.2, 0.25) is 12.6 Å². The van der Waals surface area contributed by atoms with Gasteiger partial charge in [0.25, 0.3) is 0 Å². The predicted octanol–water partition coefficient (Wildman–Crippen LogP) is 3.72. The molecule has 1 aliphatic rings. The van der Waals surface area contributed by atoms with E-state index in [9.17, 15) is 13.2 Å². The number of rotatable bonds is 2. The molecule has 1 heterocycles. The molecule has 1 saturated heterocycles. The van der Waals surface area contributed by atoms with Gasteiger partial charge in [0, 0.05) is 0 Å². The first-order valence-corrected chi connectivity index (χ1v) is 8.45. The van der Waals surface area contributed by atoms with Crippen molar-refractivity contribution in [3.63, 3.8) is 0 Å². The summed E-state index contributed by atoms with van der Waals surface area (Å²) >= 11 is 0. The molecule has 0 aromatic carbocycles. The van der Waals surface area contributed by atoms with E-state index in [1.54, 1.807) is 6.55 Å². The van der Waals surface area contributed by atoms with Crippen molar-refractivity contribution in [2.24, 2.45) is 0 Å². The van der Waals surface area contributed by atoms with Crippen LogP contribution < -0.4 is 0 Å². The Hall–Kier alpha value is -0.0331. The minimum absolute atomic E-state index is 0.522. The molecule has 0 aromatic rings. The van der Waals surface area contributed by atoms with Crippen LogP contribution in [0.5, 0.6) is 0 Å². The fraction of sp³-hybridized carbons (Fsp3) is 1.00. The first-order valence-electron chi connectivity index (χ1n) is 5.76. The molecule has 0 radical (unpaired) electrons. The molecule has 0 aliphatic carbocycles. The van der Waals surface area contributed by atoms with Gasteiger partial charge in [-0.3, -0.25) is 0 Å². The number of hydrogen-bond donors (Lipinski definition) is 0. The Morgan fingerprint density at radius 1 is 1.25 bits per heavy atom. The topological polar surface area (TPSA) is 9.23 Å². The maximum absolute atomic E-state index is 14.2. The zero-order valence-electron chi connectivity index (χ0n) is 10.6. The Labute approximate surface area is 96.5 Å². The van der Waals surface area contributed by atoms with E-state index >= 15 is 0 Å². The lowest BCUT2D eigenvalue weighted by molar-refractivity contribution is -0.136. The molecule has 0 N–H and O–H groups in total. The van der Waals surface area contributed by atoms with E-state index in [4.69, 9.17) is 4.43 Å². The summed E-state index contributed by atoms with van der Waals surface area (Å²) in [5.41, 5.74) is -3.53. The summed E-state index contributed by atoms with van der Waals surface area (Å²) in [5, 5.41) is 0. The molecule has 4 atom stereocenters. The van der Waals surface area contributed by atoms with Crippen molar-refractivity contribution in [1.29, 1.82) is 0 Å². The van der Waals surface area contributed by atoms with Gasteiger partial charge in [-0.1, -0.05) is 13.3 Å². The second kappa shape index (κ2) is 4.01. The van der Waals surface area contributed by atoms with Crippen LogP contribution in [0.25, 0.3) is 0 Å². The third kappa shape index (κ3) is 1.92. The van der Waals surface area contributed by atoms with Crippen molar-refractivity contribution in [2.45, 2.75) is 69.9 Å². The average molecular weight is 254 g/mol. The molecule has 1 rings (SSSR count). The maximum Gasteiger partial charge on any atom is 0.229 e. The normalized spacial score (nSPS) is 48.0. The third-order valence-corrected chi connectivity index (χ3v) is 7.70. The van der Waals surface area contributed by atoms with Crippen LogP contribution in [0.3, 0.4) is 0 Å². The van der Waals surface area contributed by atoms with E-state index < -0.39 is 31.6 Å². The van der Waals surface area contributed by atoms with Gasteiger partial charge in [-0.25, -0.2) is 13.2 Å². The fourth-order valence-corrected chi connectivity index (χ4v) is 6.12. The van der Waals surface area contributed by atoms with Gasteiger partial charge in [0.15, 0.2) is 17.6 Å². The fourth-order valence-electron chi connectivity index (χ4n) is 2.34. The lowest BCUT2D eigenvalue weighted by atomic mass is 9.85. The molecule has 1 aliphatic heterocycles. The Morgan fingerprint density at radius 2 is 1.75 bits per heavy atom. The highest BCUT2D eigenvalue weighted by Gasteiger charge is 2.64. The SMILES string of the molecule is CCC[Si]1(C)OC(C)(C)C(C)(F)C(F)C1F. The maximum atomic E-state index is 14.2. The monoisotopic (exact) mass is 254 g/mol. The number of halogens is 3. The molecule has 0 amide bonds. The standard InChI is InChI=1S/C11H21F3OSi/c1-6-7-16(5)9(13)8(12)11(4,14)10(2,3)15-16/h8-9H,6-7H2,1-5H3. The molecule has 0 saturated carbocycles. The van der Waals surface area contributed by atoms with Gasteiger partial charge in [0.2, 0.25) is 8.32 Å². The first-order chi connectivity index (χ1) is 7.08. The van der Waals surface area contributed by atoms with Crippen LogP contribution in [0, 0.1) is 0 Å². The summed E-state index contributed by atoms with van der Waals surface area (Å²) in [4.78, 5) is 0.